The van der Waals surface area contributed by atoms with Gasteiger partial charge in [-0.25, -0.2) is 4.79 Å². The summed E-state index contributed by atoms with van der Waals surface area (Å²) in [6.45, 7) is 1.74. The summed E-state index contributed by atoms with van der Waals surface area (Å²) in [5.41, 5.74) is 5.29. The Balaban J connectivity index is 2.24. The van der Waals surface area contributed by atoms with Gasteiger partial charge in [0.15, 0.2) is 12.3 Å². The Morgan fingerprint density at radius 3 is 2.47 bits per heavy atom. The van der Waals surface area contributed by atoms with E-state index in [-0.39, 0.29) is 12.3 Å². The van der Waals surface area contributed by atoms with Gasteiger partial charge in [-0.1, -0.05) is 0 Å². The van der Waals surface area contributed by atoms with Gasteiger partial charge in [0.2, 0.25) is 0 Å². The summed E-state index contributed by atoms with van der Waals surface area (Å²) in [5.74, 6) is 0.000277. The molecule has 1 aliphatic rings. The zero-order valence-electron chi connectivity index (χ0n) is 9.16. The maximum Gasteiger partial charge on any atom is 0.468 e. The minimum Gasteiger partial charge on any atom is -0.315 e. The van der Waals surface area contributed by atoms with Gasteiger partial charge in [0.25, 0.3) is 0 Å². The molecule has 88 valence electrons. The number of nitrogens with zero attached hydrogens (tertiary/aromatic N) is 3. The number of quaternary nitrogens is 1. The number of ketones is 1. The largest absolute Gasteiger partial charge is 0.468 e. The highest BCUT2D eigenvalue weighted by atomic mass is 32.1. The van der Waals surface area contributed by atoms with Crippen LogP contribution in [0.1, 0.15) is 21.5 Å². The molecule has 0 bridgehead atoms. The number of rotatable bonds is 3. The summed E-state index contributed by atoms with van der Waals surface area (Å²) in [6.07, 6.45) is 2.87. The Morgan fingerprint density at radius 2 is 2.00 bits per heavy atom. The molecule has 0 saturated heterocycles. The van der Waals surface area contributed by atoms with Gasteiger partial charge < -0.3 is 5.73 Å². The minimum absolute atomic E-state index is 0.000277. The predicted octanol–water partition coefficient (Wildman–Crippen LogP) is 1.33. The second-order valence-corrected chi connectivity index (χ2v) is 4.75. The van der Waals surface area contributed by atoms with E-state index in [1.807, 2.05) is 0 Å². The first-order chi connectivity index (χ1) is 8.03. The number of amides is 2. The third kappa shape index (κ3) is 2.15. The molecule has 0 spiro atoms. The zero-order chi connectivity index (χ0) is 12.5. The molecule has 0 atom stereocenters. The first kappa shape index (κ1) is 11.6. The second-order valence-electron chi connectivity index (χ2n) is 3.58. The predicted molar refractivity (Wildman–Crippen MR) is 64.9 cm³/mol. The maximum absolute atomic E-state index is 11.4. The Labute approximate surface area is 102 Å². The molecule has 1 aromatic heterocycles. The molecule has 7 heteroatoms. The lowest BCUT2D eigenvalue weighted by atomic mass is 10.3. The highest BCUT2D eigenvalue weighted by molar-refractivity contribution is 7.14. The Bertz CT molecular complexity index is 520. The summed E-state index contributed by atoms with van der Waals surface area (Å²) in [5, 5.41) is 7.91. The first-order valence-corrected chi connectivity index (χ1v) is 5.73. The fourth-order valence-electron chi connectivity index (χ4n) is 1.45. The number of hydrogen-bond donors (Lipinski definition) is 1. The van der Waals surface area contributed by atoms with Gasteiger partial charge in [0.05, 0.1) is 9.75 Å². The molecule has 2 amide bonds. The van der Waals surface area contributed by atoms with Crippen LogP contribution in [-0.2, 0) is 6.54 Å². The van der Waals surface area contributed by atoms with Crippen molar-refractivity contribution in [2.24, 2.45) is 15.9 Å². The van der Waals surface area contributed by atoms with Crippen molar-refractivity contribution in [3.8, 4) is 0 Å². The standard InChI is InChI=1S/C10H10N4O2S/c1-7(15)9-3-2-8(17-9)6-14(10(11)16)12-4-5-13-14/h2-5H,6H2,1H3,(H-,11,16)/p+1. The third-order valence-electron chi connectivity index (χ3n) is 2.32. The maximum atomic E-state index is 11.4. The van der Waals surface area contributed by atoms with Crippen LogP contribution in [-0.4, -0.2) is 28.9 Å². The molecular formula is C10H11N4O2S+. The molecule has 0 unspecified atom stereocenters. The van der Waals surface area contributed by atoms with E-state index in [4.69, 9.17) is 5.73 Å². The molecule has 1 aliphatic heterocycles. The van der Waals surface area contributed by atoms with Crippen molar-refractivity contribution in [1.29, 1.82) is 0 Å². The zero-order valence-corrected chi connectivity index (χ0v) is 9.98. The van der Waals surface area contributed by atoms with E-state index in [0.717, 1.165) is 4.88 Å². The molecule has 6 nitrogen and oxygen atoms in total. The lowest BCUT2D eigenvalue weighted by Gasteiger charge is -2.16. The normalized spacial score (nSPS) is 16.3. The molecule has 0 aliphatic carbocycles. The van der Waals surface area contributed by atoms with Crippen molar-refractivity contribution < 1.29 is 14.3 Å². The lowest BCUT2D eigenvalue weighted by Crippen LogP contribution is -2.44. The topological polar surface area (TPSA) is 84.9 Å². The van der Waals surface area contributed by atoms with Gasteiger partial charge in [-0.15, -0.1) is 11.3 Å². The van der Waals surface area contributed by atoms with Gasteiger partial charge in [-0.3, -0.25) is 4.79 Å². The van der Waals surface area contributed by atoms with Crippen molar-refractivity contribution in [2.75, 3.05) is 0 Å². The van der Waals surface area contributed by atoms with Crippen LogP contribution in [0.5, 0.6) is 0 Å². The van der Waals surface area contributed by atoms with Crippen LogP contribution in [0.2, 0.25) is 0 Å². The van der Waals surface area contributed by atoms with Crippen molar-refractivity contribution >= 4 is 35.6 Å². The molecule has 17 heavy (non-hydrogen) atoms. The highest BCUT2D eigenvalue weighted by Crippen LogP contribution is 2.24. The number of carbonyl (C=O) groups is 2. The summed E-state index contributed by atoms with van der Waals surface area (Å²) < 4.78 is -0.516. The van der Waals surface area contributed by atoms with Crippen molar-refractivity contribution in [3.05, 3.63) is 21.9 Å². The van der Waals surface area contributed by atoms with Gasteiger partial charge >= 0.3 is 6.03 Å². The fraction of sp³-hybridized carbons (Fsp3) is 0.200. The van der Waals surface area contributed by atoms with Crippen molar-refractivity contribution in [3.63, 3.8) is 0 Å². The van der Waals surface area contributed by atoms with Gasteiger partial charge in [0, 0.05) is 4.70 Å². The smallest absolute Gasteiger partial charge is 0.315 e. The number of urea groups is 1. The van der Waals surface area contributed by atoms with Gasteiger partial charge in [-0.05, 0) is 29.3 Å². The fourth-order valence-corrected chi connectivity index (χ4v) is 2.40. The molecule has 1 aromatic rings. The van der Waals surface area contributed by atoms with Crippen LogP contribution in [0.4, 0.5) is 4.79 Å². The van der Waals surface area contributed by atoms with E-state index in [2.05, 4.69) is 10.2 Å². The number of nitrogens with two attached hydrogens (primary N) is 1. The SMILES string of the molecule is CC(=O)c1ccc(C[N+]2(C(N)=O)N=CC=N2)s1. The molecular weight excluding hydrogens is 240 g/mol. The minimum atomic E-state index is -0.646. The van der Waals surface area contributed by atoms with Crippen LogP contribution in [0.3, 0.4) is 0 Å². The van der Waals surface area contributed by atoms with Crippen LogP contribution >= 0.6 is 11.3 Å². The van der Waals surface area contributed by atoms with Crippen LogP contribution < -0.4 is 5.73 Å². The Kier molecular flexibility index (Phi) is 2.86. The Morgan fingerprint density at radius 1 is 1.35 bits per heavy atom. The van der Waals surface area contributed by atoms with Crippen LogP contribution in [0.15, 0.2) is 22.3 Å². The summed E-state index contributed by atoms with van der Waals surface area (Å²) >= 11 is 1.32. The highest BCUT2D eigenvalue weighted by Gasteiger charge is 2.38. The molecule has 0 fully saturated rings. The quantitative estimate of drug-likeness (QED) is 0.649. The third-order valence-corrected chi connectivity index (χ3v) is 3.49. The van der Waals surface area contributed by atoms with Gasteiger partial charge in [0.1, 0.15) is 12.4 Å². The molecule has 2 N–H and O–H groups in total. The Hall–Kier alpha value is -1.86. The molecule has 2 rings (SSSR count). The molecule has 0 aromatic carbocycles. The number of carbonyl (C=O) groups excluding carboxylic acids is 2. The van der Waals surface area contributed by atoms with E-state index in [1.165, 1.54) is 30.7 Å². The van der Waals surface area contributed by atoms with Crippen molar-refractivity contribution in [2.45, 2.75) is 13.5 Å². The number of primary amides is 1. The number of Topliss-reactive ketones (excluding diaryl/α,β-unsaturated/α-hetero) is 1. The number of hydrogen-bond acceptors (Lipinski definition) is 5. The monoisotopic (exact) mass is 251 g/mol. The second kappa shape index (κ2) is 4.19. The summed E-state index contributed by atoms with van der Waals surface area (Å²) in [6, 6.07) is 2.87. The van der Waals surface area contributed by atoms with Gasteiger partial charge in [-0.2, -0.15) is 0 Å². The average molecular weight is 251 g/mol. The summed E-state index contributed by atoms with van der Waals surface area (Å²) in [7, 11) is 0. The average Bonchev–Trinajstić information content (AvgIpc) is 2.88. The van der Waals surface area contributed by atoms with Crippen LogP contribution in [0.25, 0.3) is 0 Å². The molecule has 0 saturated carbocycles. The van der Waals surface area contributed by atoms with E-state index in [0.29, 0.717) is 4.88 Å². The lowest BCUT2D eigenvalue weighted by molar-refractivity contribution is -0.872. The summed E-state index contributed by atoms with van der Waals surface area (Å²) in [4.78, 5) is 24.0. The van der Waals surface area contributed by atoms with Crippen molar-refractivity contribution in [1.82, 2.24) is 0 Å². The molecule has 0 radical (unpaired) electrons. The molecule has 2 heterocycles. The van der Waals surface area contributed by atoms with E-state index < -0.39 is 10.7 Å². The van der Waals surface area contributed by atoms with E-state index in [1.54, 1.807) is 12.1 Å². The first-order valence-electron chi connectivity index (χ1n) is 4.91. The van der Waals surface area contributed by atoms with Crippen LogP contribution in [0, 0.1) is 0 Å². The number of thiophene rings is 1. The van der Waals surface area contributed by atoms with E-state index in [9.17, 15) is 9.59 Å². The van der Waals surface area contributed by atoms with E-state index >= 15 is 0 Å².